The first-order valence-electron chi connectivity index (χ1n) is 23.7. The van der Waals surface area contributed by atoms with Gasteiger partial charge in [-0.1, -0.05) is 84.0 Å². The monoisotopic (exact) mass is 916 g/mol. The second kappa shape index (κ2) is 56.5. The highest BCUT2D eigenvalue weighted by molar-refractivity contribution is 5.77. The van der Waals surface area contributed by atoms with Crippen molar-refractivity contribution in [3.63, 3.8) is 0 Å². The molecule has 0 bridgehead atoms. The SMILES string of the molecule is CCCCCCCCCCCCCCCOCCOCCOCCOCCOCCOCCOCCOCCOCCOCCOCCOCCOCCNC(=O)COCC(=O)O. The fourth-order valence-corrected chi connectivity index (χ4v) is 5.51. The van der Waals surface area contributed by atoms with Crippen molar-refractivity contribution in [3.05, 3.63) is 0 Å². The summed E-state index contributed by atoms with van der Waals surface area (Å²) in [6.45, 7) is 14.8. The Morgan fingerprint density at radius 2 is 0.540 bits per heavy atom. The highest BCUT2D eigenvalue weighted by Crippen LogP contribution is 2.12. The summed E-state index contributed by atoms with van der Waals surface area (Å²) in [4.78, 5) is 21.7. The number of carbonyl (C=O) groups is 2. The van der Waals surface area contributed by atoms with E-state index in [1.807, 2.05) is 0 Å². The number of nitrogens with one attached hydrogen (secondary N) is 1. The zero-order valence-electron chi connectivity index (χ0n) is 39.2. The van der Waals surface area contributed by atoms with Crippen LogP contribution in [0.25, 0.3) is 0 Å². The van der Waals surface area contributed by atoms with Crippen molar-refractivity contribution in [3.8, 4) is 0 Å². The lowest BCUT2D eigenvalue weighted by atomic mass is 10.0. The molecule has 0 aliphatic carbocycles. The molecule has 0 aliphatic heterocycles. The van der Waals surface area contributed by atoms with Crippen LogP contribution >= 0.6 is 0 Å². The third-order valence-corrected chi connectivity index (χ3v) is 8.88. The number of carboxylic acids is 1. The van der Waals surface area contributed by atoms with Gasteiger partial charge in [0, 0.05) is 13.2 Å². The lowest BCUT2D eigenvalue weighted by Crippen LogP contribution is -2.31. The first kappa shape index (κ1) is 61.4. The number of aliphatic carboxylic acids is 1. The number of rotatable bonds is 57. The number of hydrogen-bond donors (Lipinski definition) is 2. The molecule has 0 unspecified atom stereocenters. The van der Waals surface area contributed by atoms with Gasteiger partial charge in [-0.05, 0) is 6.42 Å². The van der Waals surface area contributed by atoms with Gasteiger partial charge >= 0.3 is 5.97 Å². The van der Waals surface area contributed by atoms with E-state index in [-0.39, 0.29) is 6.61 Å². The Morgan fingerprint density at radius 1 is 0.302 bits per heavy atom. The number of ether oxygens (including phenoxy) is 14. The van der Waals surface area contributed by atoms with Gasteiger partial charge in [0.25, 0.3) is 0 Å². The minimum atomic E-state index is -1.12. The summed E-state index contributed by atoms with van der Waals surface area (Å²) in [5, 5.41) is 11.0. The minimum absolute atomic E-state index is 0.299. The topological polar surface area (TPSA) is 196 Å². The molecule has 376 valence electrons. The summed E-state index contributed by atoms with van der Waals surface area (Å²) >= 11 is 0. The maximum Gasteiger partial charge on any atom is 0.329 e. The van der Waals surface area contributed by atoms with E-state index >= 15 is 0 Å². The second-order valence-electron chi connectivity index (χ2n) is 14.4. The lowest BCUT2D eigenvalue weighted by molar-refractivity contribution is -0.143. The van der Waals surface area contributed by atoms with Gasteiger partial charge in [0.1, 0.15) is 13.2 Å². The van der Waals surface area contributed by atoms with Gasteiger partial charge in [0.15, 0.2) is 0 Å². The average Bonchev–Trinajstić information content (AvgIpc) is 3.27. The highest BCUT2D eigenvalue weighted by Gasteiger charge is 2.03. The fourth-order valence-electron chi connectivity index (χ4n) is 5.51. The molecule has 0 heterocycles. The zero-order valence-corrected chi connectivity index (χ0v) is 39.2. The van der Waals surface area contributed by atoms with Crippen molar-refractivity contribution in [2.45, 2.75) is 90.4 Å². The normalized spacial score (nSPS) is 11.5. The number of carbonyl (C=O) groups excluding carboxylic acids is 1. The third-order valence-electron chi connectivity index (χ3n) is 8.88. The summed E-state index contributed by atoms with van der Waals surface area (Å²) in [6.07, 6.45) is 17.7. The van der Waals surface area contributed by atoms with Gasteiger partial charge < -0.3 is 76.7 Å². The molecular weight excluding hydrogens is 826 g/mol. The van der Waals surface area contributed by atoms with Crippen molar-refractivity contribution in [2.24, 2.45) is 0 Å². The Hall–Kier alpha value is -1.62. The summed E-state index contributed by atoms with van der Waals surface area (Å²) in [5.74, 6) is -1.52. The first-order chi connectivity index (χ1) is 31.2. The van der Waals surface area contributed by atoms with Gasteiger partial charge in [-0.3, -0.25) is 4.79 Å². The van der Waals surface area contributed by atoms with Crippen LogP contribution in [0.2, 0.25) is 0 Å². The van der Waals surface area contributed by atoms with Crippen LogP contribution in [0.1, 0.15) is 90.4 Å². The molecule has 0 atom stereocenters. The van der Waals surface area contributed by atoms with Crippen LogP contribution in [-0.4, -0.2) is 209 Å². The minimum Gasteiger partial charge on any atom is -0.480 e. The molecule has 0 aromatic heterocycles. The molecule has 0 aromatic rings. The van der Waals surface area contributed by atoms with E-state index < -0.39 is 18.5 Å². The molecular formula is C45H89NO17. The van der Waals surface area contributed by atoms with Crippen LogP contribution in [0, 0.1) is 0 Å². The van der Waals surface area contributed by atoms with Crippen molar-refractivity contribution in [2.75, 3.05) is 192 Å². The van der Waals surface area contributed by atoms with Crippen molar-refractivity contribution in [1.29, 1.82) is 0 Å². The summed E-state index contributed by atoms with van der Waals surface area (Å²) in [5.41, 5.74) is 0. The standard InChI is InChI=1S/C45H89NO17/c1-2-3-4-5-6-7-8-9-10-11-12-13-14-16-50-18-20-52-22-24-54-26-28-56-30-32-58-34-36-60-38-40-62-41-39-61-37-35-59-33-31-57-29-27-55-25-23-53-21-19-51-17-15-46-44(47)42-63-43-45(48)49/h2-43H2,1H3,(H,46,47)(H,48,49). The zero-order chi connectivity index (χ0) is 45.5. The van der Waals surface area contributed by atoms with Gasteiger partial charge in [-0.25, -0.2) is 4.79 Å². The predicted octanol–water partition coefficient (Wildman–Crippen LogP) is 4.51. The Labute approximate surface area is 379 Å². The molecule has 0 aliphatic rings. The Bertz CT molecular complexity index is 895. The maximum atomic E-state index is 11.4. The predicted molar refractivity (Wildman–Crippen MR) is 238 cm³/mol. The fraction of sp³-hybridized carbons (Fsp3) is 0.956. The summed E-state index contributed by atoms with van der Waals surface area (Å²) < 4.78 is 76.2. The smallest absolute Gasteiger partial charge is 0.329 e. The lowest BCUT2D eigenvalue weighted by Gasteiger charge is -2.09. The molecule has 1 amide bonds. The van der Waals surface area contributed by atoms with Crippen LogP contribution in [-0.2, 0) is 75.9 Å². The van der Waals surface area contributed by atoms with Crippen LogP contribution in [0.3, 0.4) is 0 Å². The first-order valence-corrected chi connectivity index (χ1v) is 23.7. The van der Waals surface area contributed by atoms with E-state index in [2.05, 4.69) is 17.0 Å². The maximum absolute atomic E-state index is 11.4. The molecule has 0 rings (SSSR count). The summed E-state index contributed by atoms with van der Waals surface area (Å²) in [7, 11) is 0. The third kappa shape index (κ3) is 58.4. The van der Waals surface area contributed by atoms with Crippen LogP contribution in [0.5, 0.6) is 0 Å². The van der Waals surface area contributed by atoms with E-state index in [0.717, 1.165) is 13.0 Å². The molecule has 0 saturated heterocycles. The molecule has 0 spiro atoms. The molecule has 0 radical (unpaired) electrons. The van der Waals surface area contributed by atoms with Crippen molar-refractivity contribution in [1.82, 2.24) is 5.32 Å². The van der Waals surface area contributed by atoms with Crippen molar-refractivity contribution >= 4 is 11.9 Å². The van der Waals surface area contributed by atoms with Gasteiger partial charge in [0.05, 0.1) is 165 Å². The van der Waals surface area contributed by atoms with Gasteiger partial charge in [0.2, 0.25) is 5.91 Å². The van der Waals surface area contributed by atoms with E-state index in [9.17, 15) is 9.59 Å². The summed E-state index contributed by atoms with van der Waals surface area (Å²) in [6, 6.07) is 0. The van der Waals surface area contributed by atoms with Gasteiger partial charge in [-0.15, -0.1) is 0 Å². The Balaban J connectivity index is 3.09. The number of amides is 1. The molecule has 0 aromatic carbocycles. The average molecular weight is 916 g/mol. The molecule has 63 heavy (non-hydrogen) atoms. The Morgan fingerprint density at radius 3 is 0.810 bits per heavy atom. The highest BCUT2D eigenvalue weighted by atomic mass is 16.6. The van der Waals surface area contributed by atoms with E-state index in [4.69, 9.17) is 66.7 Å². The largest absolute Gasteiger partial charge is 0.480 e. The Kier molecular flexibility index (Phi) is 55.1. The molecule has 18 heteroatoms. The van der Waals surface area contributed by atoms with Crippen LogP contribution in [0.15, 0.2) is 0 Å². The second-order valence-corrected chi connectivity index (χ2v) is 14.4. The van der Waals surface area contributed by atoms with E-state index in [0.29, 0.717) is 172 Å². The molecule has 2 N–H and O–H groups in total. The van der Waals surface area contributed by atoms with Crippen molar-refractivity contribution < 1.29 is 81.0 Å². The van der Waals surface area contributed by atoms with E-state index in [1.165, 1.54) is 77.0 Å². The molecule has 18 nitrogen and oxygen atoms in total. The number of hydrogen-bond acceptors (Lipinski definition) is 16. The molecule has 0 saturated carbocycles. The number of unbranched alkanes of at least 4 members (excludes halogenated alkanes) is 12. The van der Waals surface area contributed by atoms with E-state index in [1.54, 1.807) is 0 Å². The quantitative estimate of drug-likeness (QED) is 0.0809. The number of carboxylic acid groups (broad SMARTS) is 1. The van der Waals surface area contributed by atoms with Gasteiger partial charge in [-0.2, -0.15) is 0 Å². The molecule has 0 fully saturated rings. The van der Waals surface area contributed by atoms with Crippen LogP contribution < -0.4 is 5.32 Å². The van der Waals surface area contributed by atoms with Crippen LogP contribution in [0.4, 0.5) is 0 Å².